The Bertz CT molecular complexity index is 732. The normalized spacial score (nSPS) is 11.3. The van der Waals surface area contributed by atoms with Gasteiger partial charge in [-0.05, 0) is 43.4 Å². The summed E-state index contributed by atoms with van der Waals surface area (Å²) in [6.07, 6.45) is 0. The molecule has 0 spiro atoms. The lowest BCUT2D eigenvalue weighted by atomic mass is 10.3. The van der Waals surface area contributed by atoms with Crippen LogP contribution in [-0.2, 0) is 10.0 Å². The van der Waals surface area contributed by atoms with E-state index in [4.69, 9.17) is 22.1 Å². The molecule has 5 nitrogen and oxygen atoms in total. The Hall–Kier alpha value is -1.76. The molecule has 20 heavy (non-hydrogen) atoms. The van der Waals surface area contributed by atoms with Crippen molar-refractivity contribution in [3.63, 3.8) is 0 Å². The first-order valence-electron chi connectivity index (χ1n) is 5.69. The van der Waals surface area contributed by atoms with Gasteiger partial charge in [-0.2, -0.15) is 0 Å². The number of halogens is 1. The van der Waals surface area contributed by atoms with Crippen LogP contribution < -0.4 is 15.2 Å². The van der Waals surface area contributed by atoms with E-state index < -0.39 is 10.0 Å². The Balaban J connectivity index is 2.47. The fourth-order valence-electron chi connectivity index (χ4n) is 1.59. The number of hydrogen-bond donors (Lipinski definition) is 2. The molecule has 0 fully saturated rings. The average molecular weight is 313 g/mol. The van der Waals surface area contributed by atoms with Gasteiger partial charge in [-0.15, -0.1) is 0 Å². The lowest BCUT2D eigenvalue weighted by Gasteiger charge is -2.12. The number of anilines is 1. The summed E-state index contributed by atoms with van der Waals surface area (Å²) in [5.74, 6) is 0.616. The second kappa shape index (κ2) is 5.70. The number of nitrogen functional groups attached to an aromatic ring is 1. The molecule has 106 valence electrons. The molecule has 0 atom stereocenters. The maximum atomic E-state index is 12.0. The van der Waals surface area contributed by atoms with Crippen molar-refractivity contribution in [2.45, 2.75) is 4.90 Å². The van der Waals surface area contributed by atoms with Gasteiger partial charge in [-0.3, -0.25) is 0 Å². The second-order valence-electron chi connectivity index (χ2n) is 3.97. The molecule has 0 saturated carbocycles. The number of sulfonamides is 1. The molecule has 2 aromatic carbocycles. The molecule has 0 aliphatic carbocycles. The quantitative estimate of drug-likeness (QED) is 0.850. The third kappa shape index (κ3) is 3.22. The maximum absolute atomic E-state index is 12.0. The summed E-state index contributed by atoms with van der Waals surface area (Å²) in [7, 11) is -2.35. The molecule has 2 aromatic rings. The van der Waals surface area contributed by atoms with Crippen LogP contribution in [0.5, 0.6) is 11.5 Å². The molecule has 0 amide bonds. The van der Waals surface area contributed by atoms with Gasteiger partial charge in [0.15, 0.2) is 0 Å². The van der Waals surface area contributed by atoms with Crippen molar-refractivity contribution in [3.05, 3.63) is 47.5 Å². The van der Waals surface area contributed by atoms with E-state index in [0.29, 0.717) is 16.5 Å². The first kappa shape index (κ1) is 14.6. The highest BCUT2D eigenvalue weighted by molar-refractivity contribution is 7.89. The predicted octanol–water partition coefficient (Wildman–Crippen LogP) is 2.62. The summed E-state index contributed by atoms with van der Waals surface area (Å²) < 4.78 is 31.7. The zero-order chi connectivity index (χ0) is 14.8. The van der Waals surface area contributed by atoms with E-state index in [1.54, 1.807) is 30.3 Å². The molecule has 0 heterocycles. The van der Waals surface area contributed by atoms with Crippen molar-refractivity contribution in [1.82, 2.24) is 4.72 Å². The molecule has 7 heteroatoms. The summed E-state index contributed by atoms with van der Waals surface area (Å²) in [5, 5.41) is 0.496. The monoisotopic (exact) mass is 312 g/mol. The lowest BCUT2D eigenvalue weighted by Crippen LogP contribution is -2.19. The van der Waals surface area contributed by atoms with Gasteiger partial charge in [0, 0.05) is 10.7 Å². The third-order valence-corrected chi connectivity index (χ3v) is 4.22. The highest BCUT2D eigenvalue weighted by Crippen LogP contribution is 2.31. The van der Waals surface area contributed by atoms with Crippen LogP contribution in [0.3, 0.4) is 0 Å². The van der Waals surface area contributed by atoms with E-state index in [2.05, 4.69) is 4.72 Å². The first-order valence-corrected chi connectivity index (χ1v) is 7.55. The van der Waals surface area contributed by atoms with E-state index in [9.17, 15) is 8.42 Å². The smallest absolute Gasteiger partial charge is 0.244 e. The second-order valence-corrected chi connectivity index (χ2v) is 6.26. The van der Waals surface area contributed by atoms with Crippen LogP contribution >= 0.6 is 11.6 Å². The topological polar surface area (TPSA) is 81.4 Å². The minimum Gasteiger partial charge on any atom is -0.456 e. The van der Waals surface area contributed by atoms with E-state index in [0.717, 1.165) is 0 Å². The van der Waals surface area contributed by atoms with Crippen molar-refractivity contribution in [3.8, 4) is 11.5 Å². The van der Waals surface area contributed by atoms with Gasteiger partial charge in [-0.25, -0.2) is 13.1 Å². The van der Waals surface area contributed by atoms with E-state index in [1.807, 2.05) is 0 Å². The number of hydrogen-bond acceptors (Lipinski definition) is 4. The van der Waals surface area contributed by atoms with Gasteiger partial charge in [0.05, 0.1) is 0 Å². The van der Waals surface area contributed by atoms with Crippen LogP contribution in [0.4, 0.5) is 5.69 Å². The van der Waals surface area contributed by atoms with Crippen LogP contribution in [0.2, 0.25) is 5.02 Å². The Morgan fingerprint density at radius 2 is 1.95 bits per heavy atom. The van der Waals surface area contributed by atoms with Crippen molar-refractivity contribution >= 4 is 27.3 Å². The third-order valence-electron chi connectivity index (χ3n) is 2.55. The van der Waals surface area contributed by atoms with Gasteiger partial charge in [0.2, 0.25) is 10.0 Å². The number of nitrogens with one attached hydrogen (secondary N) is 1. The molecule has 0 bridgehead atoms. The van der Waals surface area contributed by atoms with Gasteiger partial charge in [0.1, 0.15) is 16.4 Å². The lowest BCUT2D eigenvalue weighted by molar-refractivity contribution is 0.467. The summed E-state index contributed by atoms with van der Waals surface area (Å²) in [6, 6.07) is 11.1. The molecule has 0 aliphatic heterocycles. The Labute approximate surface area is 122 Å². The molecule has 3 N–H and O–H groups in total. The molecule has 0 aliphatic rings. The molecular formula is C13H13ClN2O3S. The number of ether oxygens (including phenoxy) is 1. The fourth-order valence-corrected chi connectivity index (χ4v) is 2.65. The van der Waals surface area contributed by atoms with Gasteiger partial charge >= 0.3 is 0 Å². The van der Waals surface area contributed by atoms with Crippen molar-refractivity contribution in [2.24, 2.45) is 0 Å². The summed E-state index contributed by atoms with van der Waals surface area (Å²) in [4.78, 5) is -0.0278. The van der Waals surface area contributed by atoms with Crippen LogP contribution in [0, 0.1) is 0 Å². The molecular weight excluding hydrogens is 300 g/mol. The predicted molar refractivity (Wildman–Crippen MR) is 78.6 cm³/mol. The van der Waals surface area contributed by atoms with Crippen LogP contribution in [-0.4, -0.2) is 15.5 Å². The Kier molecular flexibility index (Phi) is 4.17. The van der Waals surface area contributed by atoms with Gasteiger partial charge < -0.3 is 10.5 Å². The van der Waals surface area contributed by atoms with Crippen LogP contribution in [0.15, 0.2) is 47.4 Å². The maximum Gasteiger partial charge on any atom is 0.244 e. The first-order chi connectivity index (χ1) is 9.42. The van der Waals surface area contributed by atoms with Crippen molar-refractivity contribution < 1.29 is 13.2 Å². The zero-order valence-corrected chi connectivity index (χ0v) is 12.2. The average Bonchev–Trinajstić information content (AvgIpc) is 2.41. The van der Waals surface area contributed by atoms with E-state index >= 15 is 0 Å². The highest BCUT2D eigenvalue weighted by Gasteiger charge is 2.18. The summed E-state index contributed by atoms with van der Waals surface area (Å²) >= 11 is 5.86. The fraction of sp³-hybridized carbons (Fsp3) is 0.0769. The number of rotatable bonds is 4. The minimum absolute atomic E-state index is 0.0278. The number of benzene rings is 2. The van der Waals surface area contributed by atoms with Crippen LogP contribution in [0.1, 0.15) is 0 Å². The largest absolute Gasteiger partial charge is 0.456 e. The van der Waals surface area contributed by atoms with Crippen molar-refractivity contribution in [2.75, 3.05) is 12.8 Å². The molecule has 0 radical (unpaired) electrons. The van der Waals surface area contributed by atoms with E-state index in [-0.39, 0.29) is 10.6 Å². The summed E-state index contributed by atoms with van der Waals surface area (Å²) in [6.45, 7) is 0. The highest BCUT2D eigenvalue weighted by atomic mass is 35.5. The summed E-state index contributed by atoms with van der Waals surface area (Å²) in [5.41, 5.74) is 5.96. The minimum atomic E-state index is -3.67. The Morgan fingerprint density at radius 1 is 1.20 bits per heavy atom. The van der Waals surface area contributed by atoms with Gasteiger partial charge in [0.25, 0.3) is 0 Å². The Morgan fingerprint density at radius 3 is 2.60 bits per heavy atom. The SMILES string of the molecule is CNS(=O)(=O)c1cc(N)ccc1Oc1cccc(Cl)c1. The van der Waals surface area contributed by atoms with Gasteiger partial charge in [-0.1, -0.05) is 17.7 Å². The molecule has 0 aromatic heterocycles. The zero-order valence-electron chi connectivity index (χ0n) is 10.6. The standard InChI is InChI=1S/C13H13ClN2O3S/c1-16-20(17,18)13-8-10(15)5-6-12(13)19-11-4-2-3-9(14)7-11/h2-8,16H,15H2,1H3. The van der Waals surface area contributed by atoms with E-state index in [1.165, 1.54) is 19.2 Å². The molecule has 2 rings (SSSR count). The number of nitrogens with two attached hydrogens (primary N) is 1. The molecule has 0 unspecified atom stereocenters. The molecule has 0 saturated heterocycles. The van der Waals surface area contributed by atoms with Crippen LogP contribution in [0.25, 0.3) is 0 Å². The van der Waals surface area contributed by atoms with Crippen molar-refractivity contribution in [1.29, 1.82) is 0 Å².